The van der Waals surface area contributed by atoms with Gasteiger partial charge in [-0.2, -0.15) is 0 Å². The number of thiazole rings is 1. The predicted molar refractivity (Wildman–Crippen MR) is 147 cm³/mol. The topological polar surface area (TPSA) is 117 Å². The number of nitro benzene ring substituents is 1. The summed E-state index contributed by atoms with van der Waals surface area (Å²) in [5, 5.41) is 11.6. The minimum Gasteiger partial charge on any atom is -0.459 e. The molecule has 1 atom stereocenters. The number of hydrogen-bond acceptors (Lipinski definition) is 8. The normalized spacial score (nSPS) is 15.3. The SMILES string of the molecule is CC1=C(C(=O)OC(C)C)C(c2ccccc2)n2c(sc(=Cc3ccc(-c4ccc(C)cc4[N+](=O)[O-])o3)c2=O)=N1. The van der Waals surface area contributed by atoms with Crippen molar-refractivity contribution in [3.8, 4) is 11.3 Å². The summed E-state index contributed by atoms with van der Waals surface area (Å²) in [6, 6.07) is 16.8. The van der Waals surface area contributed by atoms with Gasteiger partial charge in [-0.3, -0.25) is 19.5 Å². The first-order valence-corrected chi connectivity index (χ1v) is 13.1. The molecule has 2 aromatic heterocycles. The van der Waals surface area contributed by atoms with E-state index in [-0.39, 0.29) is 17.4 Å². The molecule has 198 valence electrons. The highest BCUT2D eigenvalue weighted by molar-refractivity contribution is 7.07. The molecule has 0 spiro atoms. The lowest BCUT2D eigenvalue weighted by Gasteiger charge is -2.25. The van der Waals surface area contributed by atoms with E-state index in [1.807, 2.05) is 30.3 Å². The molecule has 39 heavy (non-hydrogen) atoms. The fourth-order valence-corrected chi connectivity index (χ4v) is 5.54. The second-order valence-electron chi connectivity index (χ2n) is 9.43. The van der Waals surface area contributed by atoms with Crippen molar-refractivity contribution in [2.75, 3.05) is 0 Å². The van der Waals surface area contributed by atoms with E-state index < -0.39 is 16.9 Å². The summed E-state index contributed by atoms with van der Waals surface area (Å²) in [6.45, 7) is 7.05. The molecule has 0 N–H and O–H groups in total. The first-order chi connectivity index (χ1) is 18.6. The van der Waals surface area contributed by atoms with Gasteiger partial charge in [-0.25, -0.2) is 9.79 Å². The van der Waals surface area contributed by atoms with E-state index >= 15 is 0 Å². The summed E-state index contributed by atoms with van der Waals surface area (Å²) in [7, 11) is 0. The Labute approximate surface area is 227 Å². The van der Waals surface area contributed by atoms with Crippen LogP contribution in [0.1, 0.15) is 43.7 Å². The molecule has 0 radical (unpaired) electrons. The van der Waals surface area contributed by atoms with Gasteiger partial charge in [0.1, 0.15) is 11.5 Å². The molecule has 9 nitrogen and oxygen atoms in total. The molecule has 1 unspecified atom stereocenters. The fraction of sp³-hybridized carbons (Fsp3) is 0.207. The number of nitrogens with zero attached hydrogens (tertiary/aromatic N) is 3. The Morgan fingerprint density at radius 2 is 1.90 bits per heavy atom. The molecular formula is C29H25N3O6S. The summed E-state index contributed by atoms with van der Waals surface area (Å²) in [5.41, 5.74) is 2.25. The van der Waals surface area contributed by atoms with Gasteiger partial charge >= 0.3 is 5.97 Å². The van der Waals surface area contributed by atoms with E-state index in [9.17, 15) is 19.7 Å². The first-order valence-electron chi connectivity index (χ1n) is 12.3. The molecule has 1 aliphatic heterocycles. The second-order valence-corrected chi connectivity index (χ2v) is 10.4. The molecule has 4 aromatic rings. The summed E-state index contributed by atoms with van der Waals surface area (Å²) in [4.78, 5) is 43.0. The molecule has 3 heterocycles. The van der Waals surface area contributed by atoms with E-state index in [1.54, 1.807) is 58.0 Å². The van der Waals surface area contributed by atoms with E-state index in [0.29, 0.717) is 37.7 Å². The third-order valence-corrected chi connectivity index (χ3v) is 7.20. The van der Waals surface area contributed by atoms with Crippen LogP contribution in [-0.4, -0.2) is 21.6 Å². The molecule has 0 bridgehead atoms. The van der Waals surface area contributed by atoms with Crippen molar-refractivity contribution in [3.63, 3.8) is 0 Å². The molecule has 1 aliphatic rings. The van der Waals surface area contributed by atoms with Crippen LogP contribution in [0.4, 0.5) is 5.69 Å². The van der Waals surface area contributed by atoms with Crippen molar-refractivity contribution in [1.29, 1.82) is 0 Å². The van der Waals surface area contributed by atoms with Gasteiger partial charge in [0.15, 0.2) is 4.80 Å². The average molecular weight is 544 g/mol. The molecule has 10 heteroatoms. The Morgan fingerprint density at radius 1 is 1.15 bits per heavy atom. The lowest BCUT2D eigenvalue weighted by atomic mass is 9.96. The number of fused-ring (bicyclic) bond motifs is 1. The fourth-order valence-electron chi connectivity index (χ4n) is 4.52. The van der Waals surface area contributed by atoms with Crippen LogP contribution in [0.25, 0.3) is 17.4 Å². The van der Waals surface area contributed by atoms with E-state index in [1.165, 1.54) is 22.0 Å². The zero-order chi connectivity index (χ0) is 27.8. The lowest BCUT2D eigenvalue weighted by molar-refractivity contribution is -0.384. The van der Waals surface area contributed by atoms with Gasteiger partial charge in [0.05, 0.1) is 38.4 Å². The lowest BCUT2D eigenvalue weighted by Crippen LogP contribution is -2.40. The zero-order valence-corrected chi connectivity index (χ0v) is 22.5. The molecule has 0 aliphatic carbocycles. The number of allylic oxidation sites excluding steroid dienone is 1. The Bertz CT molecular complexity index is 1810. The minimum absolute atomic E-state index is 0.0607. The number of nitro groups is 1. The molecular weight excluding hydrogens is 518 g/mol. The summed E-state index contributed by atoms with van der Waals surface area (Å²) < 4.78 is 13.3. The smallest absolute Gasteiger partial charge is 0.338 e. The van der Waals surface area contributed by atoms with Crippen molar-refractivity contribution in [2.24, 2.45) is 4.99 Å². The van der Waals surface area contributed by atoms with E-state index in [0.717, 1.165) is 11.1 Å². The Hall–Kier alpha value is -4.57. The molecule has 2 aromatic carbocycles. The van der Waals surface area contributed by atoms with Gasteiger partial charge in [-0.15, -0.1) is 0 Å². The number of aromatic nitrogens is 1. The second kappa shape index (κ2) is 10.3. The van der Waals surface area contributed by atoms with Crippen molar-refractivity contribution in [3.05, 3.63) is 119 Å². The van der Waals surface area contributed by atoms with Crippen LogP contribution in [0.5, 0.6) is 0 Å². The quantitative estimate of drug-likeness (QED) is 0.198. The largest absolute Gasteiger partial charge is 0.459 e. The van der Waals surface area contributed by atoms with Crippen LogP contribution in [0, 0.1) is 17.0 Å². The molecule has 0 fully saturated rings. The maximum Gasteiger partial charge on any atom is 0.338 e. The van der Waals surface area contributed by atoms with E-state index in [4.69, 9.17) is 9.15 Å². The van der Waals surface area contributed by atoms with Crippen molar-refractivity contribution >= 4 is 29.1 Å². The third-order valence-electron chi connectivity index (χ3n) is 6.22. The zero-order valence-electron chi connectivity index (χ0n) is 21.7. The maximum atomic E-state index is 13.7. The highest BCUT2D eigenvalue weighted by atomic mass is 32.1. The highest BCUT2D eigenvalue weighted by Gasteiger charge is 2.33. The maximum absolute atomic E-state index is 13.7. The van der Waals surface area contributed by atoms with Crippen molar-refractivity contribution in [2.45, 2.75) is 39.8 Å². The minimum atomic E-state index is -0.710. The van der Waals surface area contributed by atoms with Gasteiger partial charge in [-0.05, 0) is 57.0 Å². The standard InChI is InChI=1S/C29H25N3O6S/c1-16(2)37-28(34)25-18(4)30-29-31(26(25)19-8-6-5-7-9-19)27(33)24(39-29)15-20-11-13-23(38-20)21-12-10-17(3)14-22(21)32(35)36/h5-16,26H,1-4H3. The van der Waals surface area contributed by atoms with Crippen LogP contribution in [0.2, 0.25) is 0 Å². The summed E-state index contributed by atoms with van der Waals surface area (Å²) in [6.07, 6.45) is 1.25. The van der Waals surface area contributed by atoms with Crippen molar-refractivity contribution < 1.29 is 18.9 Å². The molecule has 5 rings (SSSR count). The summed E-state index contributed by atoms with van der Waals surface area (Å²) in [5.74, 6) is 0.152. The van der Waals surface area contributed by atoms with Crippen LogP contribution in [0.3, 0.4) is 0 Å². The van der Waals surface area contributed by atoms with Gasteiger partial charge < -0.3 is 9.15 Å². The predicted octanol–water partition coefficient (Wildman–Crippen LogP) is 4.66. The third kappa shape index (κ3) is 4.98. The molecule has 0 amide bonds. The number of rotatable bonds is 6. The van der Waals surface area contributed by atoms with Crippen LogP contribution < -0.4 is 14.9 Å². The van der Waals surface area contributed by atoms with Gasteiger partial charge in [0.2, 0.25) is 0 Å². The highest BCUT2D eigenvalue weighted by Crippen LogP contribution is 2.33. The number of esters is 1. The molecule has 0 saturated carbocycles. The van der Waals surface area contributed by atoms with Crippen LogP contribution in [0.15, 0.2) is 86.1 Å². The number of carbonyl (C=O) groups excluding carboxylic acids is 1. The van der Waals surface area contributed by atoms with Gasteiger partial charge in [0, 0.05) is 12.1 Å². The van der Waals surface area contributed by atoms with Crippen LogP contribution >= 0.6 is 11.3 Å². The molecule has 0 saturated heterocycles. The number of benzene rings is 2. The monoisotopic (exact) mass is 543 g/mol. The average Bonchev–Trinajstić information content (AvgIpc) is 3.47. The van der Waals surface area contributed by atoms with E-state index in [2.05, 4.69) is 4.99 Å². The van der Waals surface area contributed by atoms with Crippen LogP contribution in [-0.2, 0) is 9.53 Å². The number of carbonyl (C=O) groups is 1. The number of ether oxygens (including phenoxy) is 1. The van der Waals surface area contributed by atoms with Gasteiger partial charge in [-0.1, -0.05) is 47.7 Å². The van der Waals surface area contributed by atoms with Gasteiger partial charge in [0.25, 0.3) is 11.2 Å². The number of hydrogen-bond donors (Lipinski definition) is 0. The van der Waals surface area contributed by atoms with Crippen molar-refractivity contribution in [1.82, 2.24) is 4.57 Å². The number of aryl methyl sites for hydroxylation is 1. The summed E-state index contributed by atoms with van der Waals surface area (Å²) >= 11 is 1.18. The Balaban J connectivity index is 1.62. The Morgan fingerprint density at radius 3 is 2.59 bits per heavy atom. The first kappa shape index (κ1) is 26.1. The number of furan rings is 1. The Kier molecular flexibility index (Phi) is 6.88.